The van der Waals surface area contributed by atoms with E-state index in [9.17, 15) is 4.79 Å². The van der Waals surface area contributed by atoms with Crippen LogP contribution < -0.4 is 5.73 Å². The maximum absolute atomic E-state index is 10.5. The zero-order valence-corrected chi connectivity index (χ0v) is 6.33. The number of amides is 1. The van der Waals surface area contributed by atoms with Gasteiger partial charge in [0.2, 0.25) is 5.76 Å². The van der Waals surface area contributed by atoms with Crippen LogP contribution in [0.2, 0.25) is 0 Å². The first-order valence-electron chi connectivity index (χ1n) is 3.49. The molecule has 0 atom stereocenters. The number of aromatic nitrogens is 1. The van der Waals surface area contributed by atoms with E-state index in [1.54, 1.807) is 6.07 Å². The van der Waals surface area contributed by atoms with Gasteiger partial charge in [-0.3, -0.25) is 4.79 Å². The van der Waals surface area contributed by atoms with Crippen molar-refractivity contribution >= 4 is 5.91 Å². The molecule has 4 nitrogen and oxygen atoms in total. The van der Waals surface area contributed by atoms with Gasteiger partial charge in [0.25, 0.3) is 5.91 Å². The molecule has 1 aromatic heterocycles. The molecule has 0 radical (unpaired) electrons. The van der Waals surface area contributed by atoms with Crippen LogP contribution in [0.1, 0.15) is 29.6 Å². The van der Waals surface area contributed by atoms with Gasteiger partial charge in [0.1, 0.15) is 0 Å². The molecule has 1 rings (SSSR count). The molecule has 0 aliphatic carbocycles. The van der Waals surface area contributed by atoms with Crippen molar-refractivity contribution in [3.63, 3.8) is 0 Å². The van der Waals surface area contributed by atoms with Crippen LogP contribution in [-0.4, -0.2) is 11.1 Å². The second-order valence-electron chi connectivity index (χ2n) is 2.30. The highest BCUT2D eigenvalue weighted by molar-refractivity contribution is 5.89. The maximum atomic E-state index is 10.5. The number of rotatable bonds is 3. The van der Waals surface area contributed by atoms with Crippen LogP contribution >= 0.6 is 0 Å². The van der Waals surface area contributed by atoms with E-state index in [0.717, 1.165) is 18.5 Å². The van der Waals surface area contributed by atoms with Crippen LogP contribution in [0, 0.1) is 0 Å². The van der Waals surface area contributed by atoms with Crippen molar-refractivity contribution in [3.8, 4) is 0 Å². The summed E-state index contributed by atoms with van der Waals surface area (Å²) in [6, 6.07) is 1.58. The molecule has 0 bridgehead atoms. The smallest absolute Gasteiger partial charge is 0.287 e. The third-order valence-corrected chi connectivity index (χ3v) is 1.31. The molecule has 0 aliphatic rings. The van der Waals surface area contributed by atoms with Crippen molar-refractivity contribution in [1.82, 2.24) is 5.16 Å². The van der Waals surface area contributed by atoms with E-state index < -0.39 is 5.91 Å². The Hall–Kier alpha value is -1.32. The lowest BCUT2D eigenvalue weighted by molar-refractivity contribution is 0.0965. The largest absolute Gasteiger partial charge is 0.363 e. The molecular formula is C7H10N2O2. The van der Waals surface area contributed by atoms with Gasteiger partial charge in [-0.25, -0.2) is 0 Å². The number of primary amides is 1. The van der Waals surface area contributed by atoms with Crippen LogP contribution in [0.3, 0.4) is 0 Å². The Morgan fingerprint density at radius 2 is 2.55 bits per heavy atom. The minimum Gasteiger partial charge on any atom is -0.363 e. The second-order valence-corrected chi connectivity index (χ2v) is 2.30. The van der Waals surface area contributed by atoms with Crippen LogP contribution in [0.5, 0.6) is 0 Å². The fraction of sp³-hybridized carbons (Fsp3) is 0.429. The summed E-state index contributed by atoms with van der Waals surface area (Å²) in [5.41, 5.74) is 5.73. The van der Waals surface area contributed by atoms with E-state index in [2.05, 4.69) is 9.68 Å². The summed E-state index contributed by atoms with van der Waals surface area (Å²) in [6.45, 7) is 2.03. The first-order chi connectivity index (χ1) is 5.24. The standard InChI is InChI=1S/C7H10N2O2/c1-2-3-5-4-6(7(8)10)11-9-5/h4H,2-3H2,1H3,(H2,8,10). The molecule has 0 spiro atoms. The molecule has 0 saturated heterocycles. The van der Waals surface area contributed by atoms with E-state index in [4.69, 9.17) is 5.73 Å². The van der Waals surface area contributed by atoms with Crippen molar-refractivity contribution < 1.29 is 9.32 Å². The average molecular weight is 154 g/mol. The number of hydrogen-bond acceptors (Lipinski definition) is 3. The van der Waals surface area contributed by atoms with E-state index in [1.165, 1.54) is 0 Å². The number of nitrogens with zero attached hydrogens (tertiary/aromatic N) is 1. The minimum absolute atomic E-state index is 0.133. The minimum atomic E-state index is -0.570. The van der Waals surface area contributed by atoms with E-state index >= 15 is 0 Å². The Morgan fingerprint density at radius 1 is 1.82 bits per heavy atom. The Morgan fingerprint density at radius 3 is 3.00 bits per heavy atom. The highest BCUT2D eigenvalue weighted by Crippen LogP contribution is 2.04. The molecule has 2 N–H and O–H groups in total. The van der Waals surface area contributed by atoms with E-state index in [-0.39, 0.29) is 5.76 Å². The van der Waals surface area contributed by atoms with Gasteiger partial charge in [0, 0.05) is 6.07 Å². The predicted molar refractivity (Wildman–Crippen MR) is 39.0 cm³/mol. The first-order valence-corrected chi connectivity index (χ1v) is 3.49. The quantitative estimate of drug-likeness (QED) is 0.697. The van der Waals surface area contributed by atoms with Crippen LogP contribution in [0.25, 0.3) is 0 Å². The van der Waals surface area contributed by atoms with Gasteiger partial charge in [0.05, 0.1) is 5.69 Å². The van der Waals surface area contributed by atoms with Gasteiger partial charge >= 0.3 is 0 Å². The van der Waals surface area contributed by atoms with Gasteiger partial charge in [-0.05, 0) is 6.42 Å². The number of carbonyl (C=O) groups excluding carboxylic acids is 1. The first kappa shape index (κ1) is 7.78. The zero-order valence-electron chi connectivity index (χ0n) is 6.33. The fourth-order valence-corrected chi connectivity index (χ4v) is 0.802. The van der Waals surface area contributed by atoms with Crippen molar-refractivity contribution in [1.29, 1.82) is 0 Å². The normalized spacial score (nSPS) is 9.91. The van der Waals surface area contributed by atoms with Crippen molar-refractivity contribution in [2.24, 2.45) is 5.73 Å². The Balaban J connectivity index is 2.73. The molecule has 4 heteroatoms. The van der Waals surface area contributed by atoms with Crippen molar-refractivity contribution in [3.05, 3.63) is 17.5 Å². The molecule has 1 amide bonds. The molecule has 60 valence electrons. The molecule has 11 heavy (non-hydrogen) atoms. The summed E-state index contributed by atoms with van der Waals surface area (Å²) < 4.78 is 4.65. The monoisotopic (exact) mass is 154 g/mol. The number of carbonyl (C=O) groups is 1. The highest BCUT2D eigenvalue weighted by Gasteiger charge is 2.07. The van der Waals surface area contributed by atoms with Gasteiger partial charge in [-0.1, -0.05) is 18.5 Å². The SMILES string of the molecule is CCCc1cc(C(N)=O)on1. The lowest BCUT2D eigenvalue weighted by atomic mass is 10.2. The van der Waals surface area contributed by atoms with Gasteiger partial charge < -0.3 is 10.3 Å². The number of aryl methyl sites for hydroxylation is 1. The third kappa shape index (κ3) is 1.80. The topological polar surface area (TPSA) is 69.1 Å². The third-order valence-electron chi connectivity index (χ3n) is 1.31. The maximum Gasteiger partial charge on any atom is 0.287 e. The Bertz CT molecular complexity index is 255. The molecule has 1 heterocycles. The van der Waals surface area contributed by atoms with Crippen LogP contribution in [-0.2, 0) is 6.42 Å². The van der Waals surface area contributed by atoms with Crippen LogP contribution in [0.15, 0.2) is 10.6 Å². The molecule has 0 saturated carbocycles. The van der Waals surface area contributed by atoms with Gasteiger partial charge in [-0.15, -0.1) is 0 Å². The number of nitrogens with two attached hydrogens (primary N) is 1. The fourth-order valence-electron chi connectivity index (χ4n) is 0.802. The summed E-state index contributed by atoms with van der Waals surface area (Å²) >= 11 is 0. The summed E-state index contributed by atoms with van der Waals surface area (Å²) in [7, 11) is 0. The predicted octanol–water partition coefficient (Wildman–Crippen LogP) is 0.726. The van der Waals surface area contributed by atoms with E-state index in [0.29, 0.717) is 0 Å². The Kier molecular flexibility index (Phi) is 2.25. The molecular weight excluding hydrogens is 144 g/mol. The molecule has 1 aromatic rings. The van der Waals surface area contributed by atoms with Gasteiger partial charge in [0.15, 0.2) is 0 Å². The molecule has 0 unspecified atom stereocenters. The highest BCUT2D eigenvalue weighted by atomic mass is 16.5. The molecule has 0 fully saturated rings. The lowest BCUT2D eigenvalue weighted by Gasteiger charge is -1.83. The zero-order chi connectivity index (χ0) is 8.27. The second kappa shape index (κ2) is 3.18. The number of hydrogen-bond donors (Lipinski definition) is 1. The van der Waals surface area contributed by atoms with Crippen LogP contribution in [0.4, 0.5) is 0 Å². The molecule has 0 aromatic carbocycles. The summed E-state index contributed by atoms with van der Waals surface area (Å²) in [4.78, 5) is 10.5. The van der Waals surface area contributed by atoms with E-state index in [1.807, 2.05) is 6.92 Å². The van der Waals surface area contributed by atoms with Crippen molar-refractivity contribution in [2.45, 2.75) is 19.8 Å². The van der Waals surface area contributed by atoms with Gasteiger partial charge in [-0.2, -0.15) is 0 Å². The summed E-state index contributed by atoms with van der Waals surface area (Å²) in [6.07, 6.45) is 1.79. The Labute approximate surface area is 64.4 Å². The summed E-state index contributed by atoms with van der Waals surface area (Å²) in [5.74, 6) is -0.437. The molecule has 0 aliphatic heterocycles. The average Bonchev–Trinajstić information content (AvgIpc) is 2.37. The lowest BCUT2D eigenvalue weighted by Crippen LogP contribution is -2.09. The summed E-state index contributed by atoms with van der Waals surface area (Å²) in [5, 5.41) is 3.65. The van der Waals surface area contributed by atoms with Crippen molar-refractivity contribution in [2.75, 3.05) is 0 Å².